The van der Waals surface area contributed by atoms with Crippen LogP contribution in [0.4, 0.5) is 0 Å². The van der Waals surface area contributed by atoms with E-state index in [1.54, 1.807) is 40.6 Å². The lowest BCUT2D eigenvalue weighted by Crippen LogP contribution is -1.99. The number of hydrogen-bond donors (Lipinski definition) is 1. The minimum Gasteiger partial charge on any atom is -0.508 e. The van der Waals surface area contributed by atoms with Crippen molar-refractivity contribution in [3.63, 3.8) is 0 Å². The molecule has 0 heterocycles. The number of phenols is 1. The molecule has 38 heavy (non-hydrogen) atoms. The molecule has 198 valence electrons. The van der Waals surface area contributed by atoms with Gasteiger partial charge in [-0.2, -0.15) is 0 Å². The van der Waals surface area contributed by atoms with Gasteiger partial charge in [0, 0.05) is 12.1 Å². The minimum absolute atomic E-state index is 0.152. The van der Waals surface area contributed by atoms with Crippen LogP contribution in [0.1, 0.15) is 22.3 Å². The SMILES string of the molecule is COc1ccc(CCc2cc(O)cc(Oc3cc(CCc4ccc(OC)cc4)c(OC)cc3OC)c2)cc1. The smallest absolute Gasteiger partial charge is 0.169 e. The van der Waals surface area contributed by atoms with Gasteiger partial charge in [-0.1, -0.05) is 24.3 Å². The van der Waals surface area contributed by atoms with E-state index < -0.39 is 0 Å². The summed E-state index contributed by atoms with van der Waals surface area (Å²) in [6.45, 7) is 0. The topological polar surface area (TPSA) is 66.4 Å². The zero-order valence-corrected chi connectivity index (χ0v) is 22.3. The van der Waals surface area contributed by atoms with Gasteiger partial charge in [-0.05, 0) is 90.4 Å². The van der Waals surface area contributed by atoms with E-state index in [4.69, 9.17) is 23.7 Å². The first kappa shape index (κ1) is 26.7. The van der Waals surface area contributed by atoms with Crippen molar-refractivity contribution in [3.8, 4) is 40.2 Å². The standard InChI is InChI=1S/C32H34O6/c1-34-27-13-8-22(9-14-27)5-6-24-17-26(33)20-29(18-24)38-32-19-25(30(36-3)21-31(32)37-4)12-7-23-10-15-28(35-2)16-11-23/h8-11,13-21,33H,5-7,12H2,1-4H3. The Balaban J connectivity index is 1.51. The van der Waals surface area contributed by atoms with Gasteiger partial charge in [0.05, 0.1) is 28.4 Å². The Labute approximate surface area is 224 Å². The summed E-state index contributed by atoms with van der Waals surface area (Å²) in [6.07, 6.45) is 3.16. The van der Waals surface area contributed by atoms with E-state index in [0.717, 1.165) is 54.1 Å². The molecule has 6 nitrogen and oxygen atoms in total. The summed E-state index contributed by atoms with van der Waals surface area (Å²) < 4.78 is 28.0. The van der Waals surface area contributed by atoms with Crippen LogP contribution >= 0.6 is 0 Å². The summed E-state index contributed by atoms with van der Waals surface area (Å²) in [5.74, 6) is 4.21. The lowest BCUT2D eigenvalue weighted by atomic mass is 10.0. The highest BCUT2D eigenvalue weighted by Gasteiger charge is 2.15. The number of hydrogen-bond acceptors (Lipinski definition) is 6. The summed E-state index contributed by atoms with van der Waals surface area (Å²) in [5, 5.41) is 10.4. The summed E-state index contributed by atoms with van der Waals surface area (Å²) in [5.41, 5.74) is 4.36. The number of ether oxygens (including phenoxy) is 5. The Morgan fingerprint density at radius 2 is 1.03 bits per heavy atom. The summed E-state index contributed by atoms with van der Waals surface area (Å²) >= 11 is 0. The molecule has 4 rings (SSSR count). The number of rotatable bonds is 12. The highest BCUT2D eigenvalue weighted by molar-refractivity contribution is 5.53. The Morgan fingerprint density at radius 1 is 0.474 bits per heavy atom. The second kappa shape index (κ2) is 12.8. The van der Waals surface area contributed by atoms with Crippen LogP contribution in [0, 0.1) is 0 Å². The van der Waals surface area contributed by atoms with Crippen molar-refractivity contribution in [2.45, 2.75) is 25.7 Å². The molecule has 0 atom stereocenters. The van der Waals surface area contributed by atoms with Crippen LogP contribution in [0.3, 0.4) is 0 Å². The predicted molar refractivity (Wildman–Crippen MR) is 149 cm³/mol. The fourth-order valence-electron chi connectivity index (χ4n) is 4.33. The van der Waals surface area contributed by atoms with Gasteiger partial charge < -0.3 is 28.8 Å². The normalized spacial score (nSPS) is 10.6. The van der Waals surface area contributed by atoms with Crippen molar-refractivity contribution >= 4 is 0 Å². The van der Waals surface area contributed by atoms with E-state index in [1.165, 1.54) is 11.1 Å². The molecular formula is C32H34O6. The maximum atomic E-state index is 10.4. The molecule has 0 aromatic heterocycles. The average molecular weight is 515 g/mol. The van der Waals surface area contributed by atoms with Gasteiger partial charge in [0.25, 0.3) is 0 Å². The molecule has 0 aliphatic heterocycles. The third kappa shape index (κ3) is 6.91. The van der Waals surface area contributed by atoms with Crippen molar-refractivity contribution in [2.75, 3.05) is 28.4 Å². The van der Waals surface area contributed by atoms with Crippen molar-refractivity contribution in [1.29, 1.82) is 0 Å². The lowest BCUT2D eigenvalue weighted by molar-refractivity contribution is 0.365. The van der Waals surface area contributed by atoms with E-state index in [1.807, 2.05) is 42.5 Å². The fraction of sp³-hybridized carbons (Fsp3) is 0.250. The van der Waals surface area contributed by atoms with E-state index in [-0.39, 0.29) is 5.75 Å². The second-order valence-corrected chi connectivity index (χ2v) is 8.95. The van der Waals surface area contributed by atoms with Crippen LogP contribution < -0.4 is 23.7 Å². The molecule has 1 N–H and O–H groups in total. The van der Waals surface area contributed by atoms with Gasteiger partial charge in [-0.25, -0.2) is 0 Å². The zero-order chi connectivity index (χ0) is 26.9. The third-order valence-electron chi connectivity index (χ3n) is 6.45. The lowest BCUT2D eigenvalue weighted by Gasteiger charge is -2.16. The molecule has 0 aliphatic rings. The summed E-state index contributed by atoms with van der Waals surface area (Å²) in [7, 11) is 6.57. The number of aryl methyl sites for hydroxylation is 4. The Bertz CT molecular complexity index is 1330. The number of aromatic hydroxyl groups is 1. The Hall–Kier alpha value is -4.32. The highest BCUT2D eigenvalue weighted by atomic mass is 16.5. The maximum absolute atomic E-state index is 10.4. The van der Waals surface area contributed by atoms with E-state index in [2.05, 4.69) is 24.3 Å². The minimum atomic E-state index is 0.152. The van der Waals surface area contributed by atoms with Crippen molar-refractivity contribution in [3.05, 3.63) is 101 Å². The third-order valence-corrected chi connectivity index (χ3v) is 6.45. The van der Waals surface area contributed by atoms with Gasteiger partial charge in [0.2, 0.25) is 0 Å². The van der Waals surface area contributed by atoms with Gasteiger partial charge in [-0.15, -0.1) is 0 Å². The van der Waals surface area contributed by atoms with Crippen LogP contribution in [0.2, 0.25) is 0 Å². The average Bonchev–Trinajstić information content (AvgIpc) is 2.95. The number of methoxy groups -OCH3 is 4. The van der Waals surface area contributed by atoms with Gasteiger partial charge in [0.1, 0.15) is 28.7 Å². The fourth-order valence-corrected chi connectivity index (χ4v) is 4.33. The van der Waals surface area contributed by atoms with E-state index in [9.17, 15) is 5.11 Å². The summed E-state index contributed by atoms with van der Waals surface area (Å²) in [6, 6.07) is 25.2. The Morgan fingerprint density at radius 3 is 1.58 bits per heavy atom. The van der Waals surface area contributed by atoms with Crippen molar-refractivity contribution in [1.82, 2.24) is 0 Å². The van der Waals surface area contributed by atoms with Crippen molar-refractivity contribution < 1.29 is 28.8 Å². The number of benzene rings is 4. The maximum Gasteiger partial charge on any atom is 0.169 e. The first-order chi connectivity index (χ1) is 18.5. The quantitative estimate of drug-likeness (QED) is 0.225. The predicted octanol–water partition coefficient (Wildman–Crippen LogP) is 6.79. The first-order valence-corrected chi connectivity index (χ1v) is 12.5. The summed E-state index contributed by atoms with van der Waals surface area (Å²) in [4.78, 5) is 0. The van der Waals surface area contributed by atoms with Crippen LogP contribution in [0.15, 0.2) is 78.9 Å². The van der Waals surface area contributed by atoms with Gasteiger partial charge >= 0.3 is 0 Å². The van der Waals surface area contributed by atoms with Crippen LogP contribution in [-0.4, -0.2) is 33.5 Å². The molecule has 0 unspecified atom stereocenters. The molecule has 0 spiro atoms. The van der Waals surface area contributed by atoms with E-state index >= 15 is 0 Å². The molecular weight excluding hydrogens is 480 g/mol. The monoisotopic (exact) mass is 514 g/mol. The Kier molecular flexibility index (Phi) is 8.98. The van der Waals surface area contributed by atoms with Crippen LogP contribution in [-0.2, 0) is 25.7 Å². The zero-order valence-electron chi connectivity index (χ0n) is 22.3. The molecule has 0 amide bonds. The van der Waals surface area contributed by atoms with Gasteiger partial charge in [-0.3, -0.25) is 0 Å². The largest absolute Gasteiger partial charge is 0.508 e. The number of phenolic OH excluding ortho intramolecular Hbond substituents is 1. The molecule has 0 saturated carbocycles. The molecule has 0 saturated heterocycles. The highest BCUT2D eigenvalue weighted by Crippen LogP contribution is 2.39. The van der Waals surface area contributed by atoms with E-state index in [0.29, 0.717) is 17.2 Å². The van der Waals surface area contributed by atoms with Gasteiger partial charge in [0.15, 0.2) is 11.5 Å². The van der Waals surface area contributed by atoms with Crippen LogP contribution in [0.5, 0.6) is 40.2 Å². The van der Waals surface area contributed by atoms with Crippen LogP contribution in [0.25, 0.3) is 0 Å². The molecule has 6 heteroatoms. The second-order valence-electron chi connectivity index (χ2n) is 8.95. The first-order valence-electron chi connectivity index (χ1n) is 12.5. The molecule has 0 fully saturated rings. The molecule has 0 aliphatic carbocycles. The molecule has 4 aromatic carbocycles. The molecule has 4 aromatic rings. The molecule has 0 radical (unpaired) electrons. The molecule has 0 bridgehead atoms. The van der Waals surface area contributed by atoms with Crippen molar-refractivity contribution in [2.24, 2.45) is 0 Å².